The number of nitrogens with one attached hydrogen (secondary N) is 2. The maximum absolute atomic E-state index is 11.7. The SMILES string of the molecule is CCCCOCCNC(=O)[C@@H]1CCCCN1. The van der Waals surface area contributed by atoms with Gasteiger partial charge in [-0.1, -0.05) is 19.8 Å². The molecule has 0 aromatic heterocycles. The van der Waals surface area contributed by atoms with Gasteiger partial charge in [-0.3, -0.25) is 4.79 Å². The Morgan fingerprint density at radius 3 is 3.00 bits per heavy atom. The highest BCUT2D eigenvalue weighted by Crippen LogP contribution is 2.06. The summed E-state index contributed by atoms with van der Waals surface area (Å²) in [6, 6.07) is 0.0180. The molecule has 0 bridgehead atoms. The van der Waals surface area contributed by atoms with Gasteiger partial charge in [-0.25, -0.2) is 0 Å². The molecule has 1 heterocycles. The Labute approximate surface area is 98.1 Å². The van der Waals surface area contributed by atoms with E-state index in [2.05, 4.69) is 17.6 Å². The van der Waals surface area contributed by atoms with Crippen LogP contribution in [0.25, 0.3) is 0 Å². The molecule has 1 aliphatic heterocycles. The molecular formula is C12H24N2O2. The van der Waals surface area contributed by atoms with E-state index < -0.39 is 0 Å². The molecule has 1 aliphatic rings. The summed E-state index contributed by atoms with van der Waals surface area (Å²) in [7, 11) is 0. The van der Waals surface area contributed by atoms with E-state index >= 15 is 0 Å². The van der Waals surface area contributed by atoms with Gasteiger partial charge in [0.1, 0.15) is 0 Å². The van der Waals surface area contributed by atoms with Crippen molar-refractivity contribution in [1.82, 2.24) is 10.6 Å². The zero-order valence-electron chi connectivity index (χ0n) is 10.3. The predicted octanol–water partition coefficient (Wildman–Crippen LogP) is 1.06. The van der Waals surface area contributed by atoms with Gasteiger partial charge in [-0.2, -0.15) is 0 Å². The van der Waals surface area contributed by atoms with Gasteiger partial charge in [0, 0.05) is 13.2 Å². The summed E-state index contributed by atoms with van der Waals surface area (Å²) in [5.74, 6) is 0.124. The van der Waals surface area contributed by atoms with Crippen molar-refractivity contribution in [3.8, 4) is 0 Å². The molecule has 1 rings (SSSR count). The minimum absolute atomic E-state index is 0.0180. The normalized spacial score (nSPS) is 20.7. The van der Waals surface area contributed by atoms with E-state index in [0.29, 0.717) is 13.2 Å². The summed E-state index contributed by atoms with van der Waals surface area (Å²) in [5.41, 5.74) is 0. The third-order valence-corrected chi connectivity index (χ3v) is 2.81. The number of carbonyl (C=O) groups excluding carboxylic acids is 1. The molecule has 0 spiro atoms. The summed E-state index contributed by atoms with van der Waals surface area (Å²) in [6.07, 6.45) is 5.54. The van der Waals surface area contributed by atoms with Crippen LogP contribution >= 0.6 is 0 Å². The van der Waals surface area contributed by atoms with Gasteiger partial charge in [-0.15, -0.1) is 0 Å². The molecular weight excluding hydrogens is 204 g/mol. The first-order valence-corrected chi connectivity index (χ1v) is 6.43. The molecule has 4 nitrogen and oxygen atoms in total. The summed E-state index contributed by atoms with van der Waals surface area (Å²) in [4.78, 5) is 11.7. The van der Waals surface area contributed by atoms with Gasteiger partial charge in [0.15, 0.2) is 0 Å². The molecule has 16 heavy (non-hydrogen) atoms. The topological polar surface area (TPSA) is 50.4 Å². The lowest BCUT2D eigenvalue weighted by Gasteiger charge is -2.22. The summed E-state index contributed by atoms with van der Waals surface area (Å²) >= 11 is 0. The van der Waals surface area contributed by atoms with Crippen LogP contribution in [0, 0.1) is 0 Å². The second kappa shape index (κ2) is 8.53. The molecule has 0 unspecified atom stereocenters. The third-order valence-electron chi connectivity index (χ3n) is 2.81. The molecule has 1 saturated heterocycles. The Balaban J connectivity index is 1.97. The van der Waals surface area contributed by atoms with Gasteiger partial charge in [-0.05, 0) is 25.8 Å². The molecule has 0 saturated carbocycles. The highest BCUT2D eigenvalue weighted by atomic mass is 16.5. The van der Waals surface area contributed by atoms with Crippen molar-refractivity contribution >= 4 is 5.91 Å². The molecule has 0 radical (unpaired) electrons. The van der Waals surface area contributed by atoms with Crippen LogP contribution in [-0.2, 0) is 9.53 Å². The molecule has 1 amide bonds. The molecule has 94 valence electrons. The first-order chi connectivity index (χ1) is 7.84. The fraction of sp³-hybridized carbons (Fsp3) is 0.917. The van der Waals surface area contributed by atoms with Crippen molar-refractivity contribution in [2.24, 2.45) is 0 Å². The molecule has 0 aromatic carbocycles. The Morgan fingerprint density at radius 2 is 2.31 bits per heavy atom. The first kappa shape index (κ1) is 13.5. The third kappa shape index (κ3) is 5.47. The Hall–Kier alpha value is -0.610. The molecule has 4 heteroatoms. The van der Waals surface area contributed by atoms with Crippen molar-refractivity contribution in [3.63, 3.8) is 0 Å². The van der Waals surface area contributed by atoms with Gasteiger partial charge in [0.05, 0.1) is 12.6 Å². The van der Waals surface area contributed by atoms with Crippen LogP contribution in [0.5, 0.6) is 0 Å². The van der Waals surface area contributed by atoms with E-state index in [0.717, 1.165) is 38.8 Å². The number of carbonyl (C=O) groups is 1. The summed E-state index contributed by atoms with van der Waals surface area (Å²) in [5, 5.41) is 6.13. The standard InChI is InChI=1S/C12H24N2O2/c1-2-3-9-16-10-8-14-12(15)11-6-4-5-7-13-11/h11,13H,2-10H2,1H3,(H,14,15)/t11-/m0/s1. The highest BCUT2D eigenvalue weighted by molar-refractivity contribution is 5.81. The summed E-state index contributed by atoms with van der Waals surface area (Å²) < 4.78 is 5.38. The maximum atomic E-state index is 11.7. The monoisotopic (exact) mass is 228 g/mol. The van der Waals surface area contributed by atoms with Crippen molar-refractivity contribution in [2.45, 2.75) is 45.1 Å². The fourth-order valence-corrected chi connectivity index (χ4v) is 1.79. The zero-order valence-corrected chi connectivity index (χ0v) is 10.3. The number of ether oxygens (including phenoxy) is 1. The molecule has 1 fully saturated rings. The highest BCUT2D eigenvalue weighted by Gasteiger charge is 2.19. The first-order valence-electron chi connectivity index (χ1n) is 6.43. The lowest BCUT2D eigenvalue weighted by Crippen LogP contribution is -2.47. The predicted molar refractivity (Wildman–Crippen MR) is 64.4 cm³/mol. The lowest BCUT2D eigenvalue weighted by atomic mass is 10.0. The number of hydrogen-bond donors (Lipinski definition) is 2. The van der Waals surface area contributed by atoms with Crippen LogP contribution < -0.4 is 10.6 Å². The minimum atomic E-state index is 0.0180. The van der Waals surface area contributed by atoms with Crippen LogP contribution in [0.3, 0.4) is 0 Å². The quantitative estimate of drug-likeness (QED) is 0.641. The molecule has 1 atom stereocenters. The van der Waals surface area contributed by atoms with Crippen molar-refractivity contribution in [3.05, 3.63) is 0 Å². The van der Waals surface area contributed by atoms with Crippen LogP contribution in [0.2, 0.25) is 0 Å². The summed E-state index contributed by atoms with van der Waals surface area (Å²) in [6.45, 7) is 5.15. The second-order valence-electron chi connectivity index (χ2n) is 4.26. The average molecular weight is 228 g/mol. The van der Waals surface area contributed by atoms with Crippen molar-refractivity contribution < 1.29 is 9.53 Å². The van der Waals surface area contributed by atoms with E-state index in [4.69, 9.17) is 4.74 Å². The van der Waals surface area contributed by atoms with Gasteiger partial charge < -0.3 is 15.4 Å². The smallest absolute Gasteiger partial charge is 0.237 e. The van der Waals surface area contributed by atoms with Gasteiger partial charge in [0.25, 0.3) is 0 Å². The average Bonchev–Trinajstić information content (AvgIpc) is 2.34. The Morgan fingerprint density at radius 1 is 1.44 bits per heavy atom. The van der Waals surface area contributed by atoms with Crippen LogP contribution in [-0.4, -0.2) is 38.3 Å². The van der Waals surface area contributed by atoms with Crippen molar-refractivity contribution in [2.75, 3.05) is 26.3 Å². The molecule has 0 aromatic rings. The van der Waals surface area contributed by atoms with Crippen LogP contribution in [0.15, 0.2) is 0 Å². The number of hydrogen-bond acceptors (Lipinski definition) is 3. The van der Waals surface area contributed by atoms with E-state index in [1.54, 1.807) is 0 Å². The minimum Gasteiger partial charge on any atom is -0.380 e. The fourth-order valence-electron chi connectivity index (χ4n) is 1.79. The van der Waals surface area contributed by atoms with Gasteiger partial charge >= 0.3 is 0 Å². The van der Waals surface area contributed by atoms with Crippen molar-refractivity contribution in [1.29, 1.82) is 0 Å². The number of piperidine rings is 1. The van der Waals surface area contributed by atoms with Crippen LogP contribution in [0.1, 0.15) is 39.0 Å². The number of amides is 1. The number of rotatable bonds is 7. The van der Waals surface area contributed by atoms with E-state index in [9.17, 15) is 4.79 Å². The van der Waals surface area contributed by atoms with E-state index in [-0.39, 0.29) is 11.9 Å². The zero-order chi connectivity index (χ0) is 11.6. The Bertz CT molecular complexity index is 191. The van der Waals surface area contributed by atoms with Crippen LogP contribution in [0.4, 0.5) is 0 Å². The van der Waals surface area contributed by atoms with E-state index in [1.807, 2.05) is 0 Å². The second-order valence-corrected chi connectivity index (χ2v) is 4.26. The molecule has 2 N–H and O–H groups in total. The Kier molecular flexibility index (Phi) is 7.17. The number of unbranched alkanes of at least 4 members (excludes halogenated alkanes) is 1. The largest absolute Gasteiger partial charge is 0.380 e. The molecule has 0 aliphatic carbocycles. The maximum Gasteiger partial charge on any atom is 0.237 e. The van der Waals surface area contributed by atoms with E-state index in [1.165, 1.54) is 6.42 Å². The van der Waals surface area contributed by atoms with Gasteiger partial charge in [0.2, 0.25) is 5.91 Å². The lowest BCUT2D eigenvalue weighted by molar-refractivity contribution is -0.123.